The Balaban J connectivity index is 1.85. The minimum Gasteiger partial charge on any atom is -0.382 e. The second-order valence-electron chi connectivity index (χ2n) is 6.63. The number of anilines is 1. The number of aliphatic hydroxyl groups is 1. The van der Waals surface area contributed by atoms with E-state index in [0.717, 1.165) is 12.3 Å². The Bertz CT molecular complexity index is 745. The molecule has 1 N–H and O–H groups in total. The van der Waals surface area contributed by atoms with E-state index in [-0.39, 0.29) is 12.6 Å². The van der Waals surface area contributed by atoms with E-state index in [4.69, 9.17) is 0 Å². The second-order valence-corrected chi connectivity index (χ2v) is 6.63. The first-order chi connectivity index (χ1) is 11.7. The molecule has 3 rings (SSSR count). The van der Waals surface area contributed by atoms with E-state index in [1.54, 1.807) is 15.8 Å². The standard InChI is InChI=1S/C16H20F3N5O/c1-11(2)24-9-14(21-22-24)15(25)5-3-7-23(10-15)12-4-6-20-13(8-12)16(17,18)19/h4,6,8-9,11,25H,3,5,7,10H2,1-2H3/t15-/m0/s1. The molecule has 2 aromatic rings. The summed E-state index contributed by atoms with van der Waals surface area (Å²) in [7, 11) is 0. The minimum absolute atomic E-state index is 0.110. The molecule has 1 fully saturated rings. The molecular formula is C16H20F3N5O. The van der Waals surface area contributed by atoms with Crippen LogP contribution in [0.25, 0.3) is 0 Å². The molecule has 1 saturated heterocycles. The lowest BCUT2D eigenvalue weighted by Gasteiger charge is -2.39. The third-order valence-electron chi connectivity index (χ3n) is 4.39. The molecule has 2 aromatic heterocycles. The summed E-state index contributed by atoms with van der Waals surface area (Å²) >= 11 is 0. The van der Waals surface area contributed by atoms with Gasteiger partial charge < -0.3 is 10.0 Å². The summed E-state index contributed by atoms with van der Waals surface area (Å²) in [6.07, 6.45) is -0.545. The molecule has 0 bridgehead atoms. The summed E-state index contributed by atoms with van der Waals surface area (Å²) in [4.78, 5) is 5.11. The number of alkyl halides is 3. The van der Waals surface area contributed by atoms with Gasteiger partial charge >= 0.3 is 6.18 Å². The number of hydrogen-bond acceptors (Lipinski definition) is 5. The van der Waals surface area contributed by atoms with Crippen molar-refractivity contribution in [3.63, 3.8) is 0 Å². The fourth-order valence-electron chi connectivity index (χ4n) is 2.98. The zero-order valence-electron chi connectivity index (χ0n) is 14.0. The molecule has 6 nitrogen and oxygen atoms in total. The molecular weight excluding hydrogens is 335 g/mol. The molecule has 3 heterocycles. The van der Waals surface area contributed by atoms with E-state index < -0.39 is 17.5 Å². The number of hydrogen-bond donors (Lipinski definition) is 1. The zero-order valence-corrected chi connectivity index (χ0v) is 14.0. The highest BCUT2D eigenvalue weighted by Crippen LogP contribution is 2.35. The summed E-state index contributed by atoms with van der Waals surface area (Å²) in [5, 5.41) is 19.1. The summed E-state index contributed by atoms with van der Waals surface area (Å²) in [5.74, 6) is 0. The van der Waals surface area contributed by atoms with Crippen LogP contribution in [0, 0.1) is 0 Å². The van der Waals surface area contributed by atoms with Crippen LogP contribution in [0.3, 0.4) is 0 Å². The monoisotopic (exact) mass is 355 g/mol. The van der Waals surface area contributed by atoms with Crippen molar-refractivity contribution in [2.24, 2.45) is 0 Å². The molecule has 0 radical (unpaired) electrons. The Kier molecular flexibility index (Phi) is 4.44. The Hall–Kier alpha value is -2.16. The predicted molar refractivity (Wildman–Crippen MR) is 85.0 cm³/mol. The van der Waals surface area contributed by atoms with Gasteiger partial charge in [-0.1, -0.05) is 5.21 Å². The smallest absolute Gasteiger partial charge is 0.382 e. The van der Waals surface area contributed by atoms with Gasteiger partial charge in [0.25, 0.3) is 0 Å². The number of piperidine rings is 1. The highest BCUT2D eigenvalue weighted by atomic mass is 19.4. The van der Waals surface area contributed by atoms with Crippen LogP contribution in [0.5, 0.6) is 0 Å². The number of rotatable bonds is 3. The topological polar surface area (TPSA) is 67.1 Å². The molecule has 1 atom stereocenters. The van der Waals surface area contributed by atoms with Gasteiger partial charge in [-0.25, -0.2) is 4.68 Å². The molecule has 9 heteroatoms. The van der Waals surface area contributed by atoms with Crippen molar-refractivity contribution in [3.8, 4) is 0 Å². The third kappa shape index (κ3) is 3.60. The van der Waals surface area contributed by atoms with Gasteiger partial charge in [-0.3, -0.25) is 4.98 Å². The molecule has 136 valence electrons. The van der Waals surface area contributed by atoms with Crippen molar-refractivity contribution >= 4 is 5.69 Å². The minimum atomic E-state index is -4.50. The summed E-state index contributed by atoms with van der Waals surface area (Å²) in [5.41, 5.74) is -1.36. The third-order valence-corrected chi connectivity index (χ3v) is 4.39. The van der Waals surface area contributed by atoms with Crippen molar-refractivity contribution < 1.29 is 18.3 Å². The van der Waals surface area contributed by atoms with Crippen molar-refractivity contribution in [1.29, 1.82) is 0 Å². The van der Waals surface area contributed by atoms with Crippen LogP contribution in [0.15, 0.2) is 24.5 Å². The van der Waals surface area contributed by atoms with Gasteiger partial charge in [-0.05, 0) is 38.8 Å². The Morgan fingerprint density at radius 2 is 2.08 bits per heavy atom. The quantitative estimate of drug-likeness (QED) is 0.917. The first-order valence-corrected chi connectivity index (χ1v) is 8.12. The molecule has 0 spiro atoms. The lowest BCUT2D eigenvalue weighted by atomic mass is 9.89. The van der Waals surface area contributed by atoms with Gasteiger partial charge in [0.05, 0.1) is 12.7 Å². The van der Waals surface area contributed by atoms with Gasteiger partial charge in [0.15, 0.2) is 0 Å². The SMILES string of the molecule is CC(C)n1cc([C@]2(O)CCCN(c3ccnc(C(F)(F)F)c3)C2)nn1. The summed E-state index contributed by atoms with van der Waals surface area (Å²) < 4.78 is 40.3. The highest BCUT2D eigenvalue weighted by molar-refractivity contribution is 5.48. The number of nitrogens with zero attached hydrogens (tertiary/aromatic N) is 5. The van der Waals surface area contributed by atoms with Gasteiger partial charge in [0, 0.05) is 24.5 Å². The number of halogens is 3. The Morgan fingerprint density at radius 1 is 1.32 bits per heavy atom. The first kappa shape index (κ1) is 17.7. The van der Waals surface area contributed by atoms with E-state index in [1.807, 2.05) is 13.8 Å². The van der Waals surface area contributed by atoms with E-state index in [2.05, 4.69) is 15.3 Å². The molecule has 0 unspecified atom stereocenters. The van der Waals surface area contributed by atoms with Crippen molar-refractivity contribution in [2.45, 2.75) is 44.5 Å². The van der Waals surface area contributed by atoms with Crippen LogP contribution in [0.4, 0.5) is 18.9 Å². The number of aromatic nitrogens is 4. The van der Waals surface area contributed by atoms with Crippen LogP contribution < -0.4 is 4.90 Å². The lowest BCUT2D eigenvalue weighted by molar-refractivity contribution is -0.141. The maximum Gasteiger partial charge on any atom is 0.433 e. The second kappa shape index (κ2) is 6.29. The summed E-state index contributed by atoms with van der Waals surface area (Å²) in [6.45, 7) is 4.61. The van der Waals surface area contributed by atoms with Gasteiger partial charge in [0.1, 0.15) is 17.0 Å². The first-order valence-electron chi connectivity index (χ1n) is 8.12. The average Bonchev–Trinajstić information content (AvgIpc) is 3.05. The van der Waals surface area contributed by atoms with Crippen LogP contribution in [0.1, 0.15) is 44.1 Å². The van der Waals surface area contributed by atoms with E-state index in [0.29, 0.717) is 30.8 Å². The fourth-order valence-corrected chi connectivity index (χ4v) is 2.98. The molecule has 1 aliphatic heterocycles. The average molecular weight is 355 g/mol. The van der Waals surface area contributed by atoms with E-state index in [9.17, 15) is 18.3 Å². The molecule has 0 saturated carbocycles. The van der Waals surface area contributed by atoms with Crippen LogP contribution >= 0.6 is 0 Å². The Morgan fingerprint density at radius 3 is 2.72 bits per heavy atom. The molecule has 0 aliphatic carbocycles. The molecule has 0 aromatic carbocycles. The van der Waals surface area contributed by atoms with Crippen molar-refractivity contribution in [1.82, 2.24) is 20.0 Å². The zero-order chi connectivity index (χ0) is 18.2. The molecule has 25 heavy (non-hydrogen) atoms. The summed E-state index contributed by atoms with van der Waals surface area (Å²) in [6, 6.07) is 2.64. The highest BCUT2D eigenvalue weighted by Gasteiger charge is 2.39. The Labute approximate surface area is 143 Å². The molecule has 0 amide bonds. The maximum absolute atomic E-state index is 12.9. The van der Waals surface area contributed by atoms with E-state index in [1.165, 1.54) is 6.07 Å². The van der Waals surface area contributed by atoms with Gasteiger partial charge in [-0.2, -0.15) is 13.2 Å². The number of pyridine rings is 1. The van der Waals surface area contributed by atoms with Gasteiger partial charge in [0.2, 0.25) is 0 Å². The molecule has 1 aliphatic rings. The predicted octanol–water partition coefficient (Wildman–Crippen LogP) is 2.76. The van der Waals surface area contributed by atoms with Crippen LogP contribution in [0.2, 0.25) is 0 Å². The van der Waals surface area contributed by atoms with Gasteiger partial charge in [-0.15, -0.1) is 5.10 Å². The largest absolute Gasteiger partial charge is 0.433 e. The van der Waals surface area contributed by atoms with Crippen LogP contribution in [-0.4, -0.2) is 38.2 Å². The van der Waals surface area contributed by atoms with Crippen LogP contribution in [-0.2, 0) is 11.8 Å². The maximum atomic E-state index is 12.9. The fraction of sp³-hybridized carbons (Fsp3) is 0.562. The van der Waals surface area contributed by atoms with Crippen molar-refractivity contribution in [3.05, 3.63) is 35.9 Å². The number of β-amino-alcohol motifs (C(OH)–C–C–N with tert-alkyl or cyclic N) is 1. The normalized spacial score (nSPS) is 21.8. The van der Waals surface area contributed by atoms with Crippen molar-refractivity contribution in [2.75, 3.05) is 18.0 Å². The lowest BCUT2D eigenvalue weighted by Crippen LogP contribution is -2.46. The van der Waals surface area contributed by atoms with E-state index >= 15 is 0 Å².